The van der Waals surface area contributed by atoms with E-state index in [2.05, 4.69) is 37.4 Å². The van der Waals surface area contributed by atoms with Crippen LogP contribution in [0.15, 0.2) is 79.3 Å². The first-order valence-corrected chi connectivity index (χ1v) is 12.0. The second-order valence-corrected chi connectivity index (χ2v) is 9.02. The lowest BCUT2D eigenvalue weighted by Crippen LogP contribution is -2.20. The van der Waals surface area contributed by atoms with Crippen LogP contribution >= 0.6 is 0 Å². The number of carbonyl (C=O) groups excluding carboxylic acids is 1. The minimum absolute atomic E-state index is 0.0483. The standard InChI is InChI=1S/C29H25N5O2/c1-18-3-2-4-26(34-18)28-27(32-17-33-28)21-9-10-25-22(13-21)14-23(15-31-25)19-5-7-20(8-6-19)29(35)36-24-11-12-30-16-24/h2-10,13-15,17,24,30H,11-12,16H2,1H3,(H,32,33)/t24-/m1/s1. The average Bonchev–Trinajstić information content (AvgIpc) is 3.61. The summed E-state index contributed by atoms with van der Waals surface area (Å²) < 4.78 is 5.57. The van der Waals surface area contributed by atoms with Gasteiger partial charge in [-0.15, -0.1) is 0 Å². The molecule has 1 atom stereocenters. The smallest absolute Gasteiger partial charge is 0.338 e. The molecule has 0 radical (unpaired) electrons. The van der Waals surface area contributed by atoms with E-state index >= 15 is 0 Å². The molecular weight excluding hydrogens is 450 g/mol. The molecule has 1 aliphatic rings. The third-order valence-electron chi connectivity index (χ3n) is 6.48. The Bertz CT molecular complexity index is 1550. The largest absolute Gasteiger partial charge is 0.457 e. The highest BCUT2D eigenvalue weighted by Crippen LogP contribution is 2.31. The van der Waals surface area contributed by atoms with Crippen molar-refractivity contribution in [3.8, 4) is 33.8 Å². The number of fused-ring (bicyclic) bond motifs is 1. The molecule has 0 saturated carbocycles. The lowest BCUT2D eigenvalue weighted by Gasteiger charge is -2.11. The fourth-order valence-corrected chi connectivity index (χ4v) is 4.57. The van der Waals surface area contributed by atoms with Crippen LogP contribution in [0, 0.1) is 6.92 Å². The molecule has 1 saturated heterocycles. The minimum Gasteiger partial charge on any atom is -0.457 e. The summed E-state index contributed by atoms with van der Waals surface area (Å²) in [7, 11) is 0. The number of imidazole rings is 1. The summed E-state index contributed by atoms with van der Waals surface area (Å²) in [6.45, 7) is 3.58. The maximum Gasteiger partial charge on any atom is 0.338 e. The second kappa shape index (κ2) is 9.36. The Labute approximate surface area is 208 Å². The molecule has 5 aromatic rings. The maximum absolute atomic E-state index is 12.4. The molecule has 4 heterocycles. The SMILES string of the molecule is Cc1cccc(-c2[nH]cnc2-c2ccc3ncc(-c4ccc(C(=O)O[C@@H]5CCNC5)cc4)cc3c2)n1. The van der Waals surface area contributed by atoms with Crippen LogP contribution in [0.2, 0.25) is 0 Å². The Morgan fingerprint density at radius 1 is 0.972 bits per heavy atom. The van der Waals surface area contributed by atoms with Crippen molar-refractivity contribution in [3.63, 3.8) is 0 Å². The van der Waals surface area contributed by atoms with Crippen molar-refractivity contribution in [2.45, 2.75) is 19.4 Å². The molecule has 7 nitrogen and oxygen atoms in total. The average molecular weight is 476 g/mol. The van der Waals surface area contributed by atoms with Crippen LogP contribution in [0.4, 0.5) is 0 Å². The Kier molecular flexibility index (Phi) is 5.75. The molecule has 0 bridgehead atoms. The molecule has 0 spiro atoms. The zero-order chi connectivity index (χ0) is 24.5. The van der Waals surface area contributed by atoms with Crippen molar-refractivity contribution in [1.82, 2.24) is 25.3 Å². The number of rotatable bonds is 5. The van der Waals surface area contributed by atoms with Crippen molar-refractivity contribution in [2.75, 3.05) is 13.1 Å². The zero-order valence-electron chi connectivity index (χ0n) is 19.9. The molecule has 0 aliphatic carbocycles. The molecule has 36 heavy (non-hydrogen) atoms. The molecule has 3 aromatic heterocycles. The van der Waals surface area contributed by atoms with Gasteiger partial charge in [0.25, 0.3) is 0 Å². The fraction of sp³-hybridized carbons (Fsp3) is 0.172. The van der Waals surface area contributed by atoms with Gasteiger partial charge in [0, 0.05) is 34.9 Å². The summed E-state index contributed by atoms with van der Waals surface area (Å²) in [6.07, 6.45) is 4.36. The van der Waals surface area contributed by atoms with Crippen LogP contribution in [0.3, 0.4) is 0 Å². The number of carbonyl (C=O) groups is 1. The highest BCUT2D eigenvalue weighted by molar-refractivity contribution is 5.91. The van der Waals surface area contributed by atoms with Gasteiger partial charge in [-0.25, -0.2) is 9.78 Å². The molecule has 1 aliphatic heterocycles. The first-order valence-electron chi connectivity index (χ1n) is 12.0. The van der Waals surface area contributed by atoms with Crippen molar-refractivity contribution >= 4 is 16.9 Å². The van der Waals surface area contributed by atoms with Gasteiger partial charge in [0.05, 0.1) is 34.5 Å². The number of aromatic amines is 1. The number of hydrogen-bond donors (Lipinski definition) is 2. The number of pyridine rings is 2. The van der Waals surface area contributed by atoms with Crippen LogP contribution in [0.5, 0.6) is 0 Å². The number of ether oxygens (including phenoxy) is 1. The first-order chi connectivity index (χ1) is 17.6. The highest BCUT2D eigenvalue weighted by atomic mass is 16.5. The van der Waals surface area contributed by atoms with E-state index in [1.807, 2.05) is 67.7 Å². The van der Waals surface area contributed by atoms with Crippen LogP contribution < -0.4 is 5.32 Å². The third kappa shape index (κ3) is 4.36. The van der Waals surface area contributed by atoms with E-state index in [0.29, 0.717) is 5.56 Å². The predicted molar refractivity (Wildman–Crippen MR) is 139 cm³/mol. The number of aryl methyl sites for hydroxylation is 1. The summed E-state index contributed by atoms with van der Waals surface area (Å²) in [5.41, 5.74) is 7.95. The second-order valence-electron chi connectivity index (χ2n) is 9.02. The highest BCUT2D eigenvalue weighted by Gasteiger charge is 2.20. The van der Waals surface area contributed by atoms with Crippen molar-refractivity contribution in [3.05, 3.63) is 90.5 Å². The van der Waals surface area contributed by atoms with E-state index in [4.69, 9.17) is 4.74 Å². The Balaban J connectivity index is 1.29. The van der Waals surface area contributed by atoms with Gasteiger partial charge in [0.2, 0.25) is 0 Å². The minimum atomic E-state index is -0.283. The van der Waals surface area contributed by atoms with Crippen LogP contribution in [-0.4, -0.2) is 45.1 Å². The van der Waals surface area contributed by atoms with E-state index in [9.17, 15) is 4.79 Å². The van der Waals surface area contributed by atoms with Gasteiger partial charge in [0.15, 0.2) is 0 Å². The molecule has 0 amide bonds. The van der Waals surface area contributed by atoms with Crippen molar-refractivity contribution in [1.29, 1.82) is 0 Å². The third-order valence-corrected chi connectivity index (χ3v) is 6.48. The van der Waals surface area contributed by atoms with Crippen molar-refractivity contribution in [2.24, 2.45) is 0 Å². The lowest BCUT2D eigenvalue weighted by atomic mass is 10.0. The van der Waals surface area contributed by atoms with Gasteiger partial charge in [-0.05, 0) is 67.9 Å². The maximum atomic E-state index is 12.4. The van der Waals surface area contributed by atoms with E-state index in [-0.39, 0.29) is 12.1 Å². The summed E-state index contributed by atoms with van der Waals surface area (Å²) in [6, 6.07) is 21.7. The molecule has 2 aromatic carbocycles. The fourth-order valence-electron chi connectivity index (χ4n) is 4.57. The quantitative estimate of drug-likeness (QED) is 0.340. The molecule has 7 heteroatoms. The van der Waals surface area contributed by atoms with Gasteiger partial charge in [0.1, 0.15) is 6.10 Å². The normalized spacial score (nSPS) is 15.3. The molecule has 6 rings (SSSR count). The Morgan fingerprint density at radius 3 is 2.61 bits per heavy atom. The monoisotopic (exact) mass is 475 g/mol. The Hall–Kier alpha value is -4.36. The topological polar surface area (TPSA) is 92.8 Å². The van der Waals surface area contributed by atoms with Gasteiger partial charge in [-0.2, -0.15) is 0 Å². The summed E-state index contributed by atoms with van der Waals surface area (Å²) >= 11 is 0. The molecule has 178 valence electrons. The number of nitrogens with zero attached hydrogens (tertiary/aromatic N) is 3. The number of aromatic nitrogens is 4. The molecule has 2 N–H and O–H groups in total. The zero-order valence-corrected chi connectivity index (χ0v) is 19.9. The summed E-state index contributed by atoms with van der Waals surface area (Å²) in [5, 5.41) is 4.22. The molecule has 1 fully saturated rings. The van der Waals surface area contributed by atoms with E-state index in [1.165, 1.54) is 0 Å². The lowest BCUT2D eigenvalue weighted by molar-refractivity contribution is 0.0344. The van der Waals surface area contributed by atoms with E-state index in [0.717, 1.165) is 69.9 Å². The van der Waals surface area contributed by atoms with Crippen LogP contribution in [0.1, 0.15) is 22.5 Å². The molecule has 0 unspecified atom stereocenters. The summed E-state index contributed by atoms with van der Waals surface area (Å²) in [4.78, 5) is 29.6. The van der Waals surface area contributed by atoms with E-state index < -0.39 is 0 Å². The Morgan fingerprint density at radius 2 is 1.81 bits per heavy atom. The number of H-pyrrole nitrogens is 1. The van der Waals surface area contributed by atoms with Gasteiger partial charge < -0.3 is 15.0 Å². The number of nitrogens with one attached hydrogen (secondary N) is 2. The van der Waals surface area contributed by atoms with Crippen molar-refractivity contribution < 1.29 is 9.53 Å². The van der Waals surface area contributed by atoms with Crippen LogP contribution in [0.25, 0.3) is 44.7 Å². The van der Waals surface area contributed by atoms with Crippen LogP contribution in [-0.2, 0) is 4.74 Å². The van der Waals surface area contributed by atoms with Gasteiger partial charge >= 0.3 is 5.97 Å². The van der Waals surface area contributed by atoms with Gasteiger partial charge in [-0.3, -0.25) is 9.97 Å². The van der Waals surface area contributed by atoms with E-state index in [1.54, 1.807) is 6.33 Å². The first kappa shape index (κ1) is 22.1. The molecular formula is C29H25N5O2. The number of hydrogen-bond acceptors (Lipinski definition) is 6. The predicted octanol–water partition coefficient (Wildman–Crippen LogP) is 5.18. The number of benzene rings is 2. The summed E-state index contributed by atoms with van der Waals surface area (Å²) in [5.74, 6) is -0.283. The van der Waals surface area contributed by atoms with Gasteiger partial charge in [-0.1, -0.05) is 24.3 Å². The number of esters is 1.